The summed E-state index contributed by atoms with van der Waals surface area (Å²) in [6.45, 7) is 13.4. The maximum atomic E-state index is 9.23. The van der Waals surface area contributed by atoms with E-state index in [1.165, 1.54) is 0 Å². The van der Waals surface area contributed by atoms with E-state index in [2.05, 4.69) is 56.5 Å². The monoisotopic (exact) mass is 356 g/mol. The molecule has 0 amide bonds. The molecule has 4 heteroatoms. The quantitative estimate of drug-likeness (QED) is 0.597. The van der Waals surface area contributed by atoms with E-state index in [-0.39, 0.29) is 23.7 Å². The maximum Gasteiger partial charge on any atom is 0.192 e. The standard InChI is InChI=1S/C12H25IO2Si/c1-10(9-14)11(7-8-13)15-16(5,6)12(2,3)4/h7-8,10-11,14H,9H2,1-6H3/b8-7+/t10-,11+/m0/s1. The molecule has 0 aromatic rings. The molecule has 1 N–H and O–H groups in total. The van der Waals surface area contributed by atoms with Gasteiger partial charge in [-0.15, -0.1) is 0 Å². The molecule has 0 aliphatic heterocycles. The lowest BCUT2D eigenvalue weighted by Crippen LogP contribution is -2.45. The van der Waals surface area contributed by atoms with Gasteiger partial charge in [0.25, 0.3) is 0 Å². The molecule has 0 aliphatic carbocycles. The molecular formula is C12H25IO2Si. The second kappa shape index (κ2) is 6.52. The van der Waals surface area contributed by atoms with Crippen LogP contribution in [0.4, 0.5) is 0 Å². The van der Waals surface area contributed by atoms with E-state index in [4.69, 9.17) is 4.43 Å². The normalized spacial score (nSPS) is 17.8. The second-order valence-electron chi connectivity index (χ2n) is 5.82. The summed E-state index contributed by atoms with van der Waals surface area (Å²) in [7, 11) is -1.75. The largest absolute Gasteiger partial charge is 0.410 e. The molecule has 0 rings (SSSR count). The van der Waals surface area contributed by atoms with Crippen LogP contribution in [0.25, 0.3) is 0 Å². The van der Waals surface area contributed by atoms with Crippen molar-refractivity contribution in [3.8, 4) is 0 Å². The summed E-state index contributed by atoms with van der Waals surface area (Å²) in [5, 5.41) is 9.44. The molecule has 0 radical (unpaired) electrons. The molecule has 0 bridgehead atoms. The minimum absolute atomic E-state index is 0.0304. The van der Waals surface area contributed by atoms with Crippen LogP contribution in [-0.2, 0) is 4.43 Å². The Labute approximate surface area is 115 Å². The Bertz CT molecular complexity index is 234. The van der Waals surface area contributed by atoms with Crippen LogP contribution in [0, 0.1) is 5.92 Å². The van der Waals surface area contributed by atoms with Gasteiger partial charge < -0.3 is 9.53 Å². The molecule has 0 spiro atoms. The van der Waals surface area contributed by atoms with Gasteiger partial charge in [-0.05, 0) is 22.2 Å². The minimum Gasteiger partial charge on any atom is -0.410 e. The first-order valence-electron chi connectivity index (χ1n) is 5.71. The molecule has 0 fully saturated rings. The lowest BCUT2D eigenvalue weighted by Gasteiger charge is -2.39. The van der Waals surface area contributed by atoms with Crippen LogP contribution in [0.1, 0.15) is 27.7 Å². The van der Waals surface area contributed by atoms with Crippen LogP contribution >= 0.6 is 22.6 Å². The Hall–Kier alpha value is 0.607. The van der Waals surface area contributed by atoms with Crippen LogP contribution in [0.15, 0.2) is 10.2 Å². The van der Waals surface area contributed by atoms with Crippen molar-refractivity contribution >= 4 is 30.9 Å². The maximum absolute atomic E-state index is 9.23. The molecule has 2 nitrogen and oxygen atoms in total. The molecule has 0 aromatic carbocycles. The van der Waals surface area contributed by atoms with Crippen LogP contribution in [0.2, 0.25) is 18.1 Å². The van der Waals surface area contributed by atoms with E-state index in [0.29, 0.717) is 0 Å². The number of aliphatic hydroxyl groups is 1. The number of hydrogen-bond donors (Lipinski definition) is 1. The third-order valence-electron chi connectivity index (χ3n) is 3.35. The van der Waals surface area contributed by atoms with E-state index in [0.717, 1.165) is 0 Å². The van der Waals surface area contributed by atoms with Crippen molar-refractivity contribution < 1.29 is 9.53 Å². The highest BCUT2D eigenvalue weighted by molar-refractivity contribution is 14.1. The van der Waals surface area contributed by atoms with Gasteiger partial charge >= 0.3 is 0 Å². The van der Waals surface area contributed by atoms with Crippen LogP contribution in [0.3, 0.4) is 0 Å². The predicted molar refractivity (Wildman–Crippen MR) is 81.5 cm³/mol. The van der Waals surface area contributed by atoms with Crippen LogP contribution < -0.4 is 0 Å². The summed E-state index contributed by atoms with van der Waals surface area (Å²) in [6.07, 6.45) is 2.07. The third kappa shape index (κ3) is 4.85. The van der Waals surface area contributed by atoms with Crippen molar-refractivity contribution in [1.82, 2.24) is 0 Å². The molecule has 96 valence electrons. The zero-order valence-corrected chi connectivity index (χ0v) is 14.4. The van der Waals surface area contributed by atoms with Gasteiger partial charge in [0.2, 0.25) is 0 Å². The van der Waals surface area contributed by atoms with Crippen molar-refractivity contribution in [3.05, 3.63) is 10.2 Å². The number of halogens is 1. The molecule has 0 saturated carbocycles. The van der Waals surface area contributed by atoms with Gasteiger partial charge in [0, 0.05) is 12.5 Å². The van der Waals surface area contributed by atoms with E-state index < -0.39 is 8.32 Å². The van der Waals surface area contributed by atoms with E-state index >= 15 is 0 Å². The molecular weight excluding hydrogens is 331 g/mol. The second-order valence-corrected chi connectivity index (χ2v) is 11.3. The summed E-state index contributed by atoms with van der Waals surface area (Å²) in [4.78, 5) is 0. The van der Waals surface area contributed by atoms with E-state index in [1.54, 1.807) is 0 Å². The highest BCUT2D eigenvalue weighted by atomic mass is 127. The zero-order chi connectivity index (χ0) is 13.0. The van der Waals surface area contributed by atoms with Gasteiger partial charge in [0.05, 0.1) is 6.10 Å². The lowest BCUT2D eigenvalue weighted by molar-refractivity contribution is 0.118. The van der Waals surface area contributed by atoms with E-state index in [9.17, 15) is 5.11 Å². The zero-order valence-electron chi connectivity index (χ0n) is 11.2. The fourth-order valence-corrected chi connectivity index (χ4v) is 2.79. The van der Waals surface area contributed by atoms with Crippen molar-refractivity contribution in [2.45, 2.75) is 51.9 Å². The average Bonchev–Trinajstić information content (AvgIpc) is 2.14. The van der Waals surface area contributed by atoms with Gasteiger partial charge in [-0.2, -0.15) is 0 Å². The number of aliphatic hydroxyl groups excluding tert-OH is 1. The first kappa shape index (κ1) is 16.6. The molecule has 0 unspecified atom stereocenters. The summed E-state index contributed by atoms with van der Waals surface area (Å²) < 4.78 is 8.26. The summed E-state index contributed by atoms with van der Waals surface area (Å²) >= 11 is 2.20. The molecule has 0 saturated heterocycles. The highest BCUT2D eigenvalue weighted by Gasteiger charge is 2.39. The first-order valence-corrected chi connectivity index (χ1v) is 9.86. The highest BCUT2D eigenvalue weighted by Crippen LogP contribution is 2.38. The van der Waals surface area contributed by atoms with E-state index in [1.807, 2.05) is 17.1 Å². The molecule has 16 heavy (non-hydrogen) atoms. The van der Waals surface area contributed by atoms with Gasteiger partial charge in [0.1, 0.15) is 0 Å². The van der Waals surface area contributed by atoms with Crippen molar-refractivity contribution in [1.29, 1.82) is 0 Å². The summed E-state index contributed by atoms with van der Waals surface area (Å²) in [5.41, 5.74) is 0. The molecule has 0 aromatic heterocycles. The number of rotatable bonds is 5. The Morgan fingerprint density at radius 2 is 1.88 bits per heavy atom. The SMILES string of the molecule is C[C@@H](CO)[C@@H](/C=C/I)O[Si](C)(C)C(C)(C)C. The van der Waals surface area contributed by atoms with Crippen LogP contribution in [-0.4, -0.2) is 26.1 Å². The van der Waals surface area contributed by atoms with Gasteiger partial charge in [-0.25, -0.2) is 0 Å². The fraction of sp³-hybridized carbons (Fsp3) is 0.833. The topological polar surface area (TPSA) is 29.5 Å². The molecule has 0 heterocycles. The molecule has 2 atom stereocenters. The van der Waals surface area contributed by atoms with Crippen molar-refractivity contribution in [2.75, 3.05) is 6.61 Å². The Balaban J connectivity index is 4.75. The van der Waals surface area contributed by atoms with Gasteiger partial charge in [0.15, 0.2) is 8.32 Å². The van der Waals surface area contributed by atoms with Crippen molar-refractivity contribution in [3.63, 3.8) is 0 Å². The van der Waals surface area contributed by atoms with Gasteiger partial charge in [-0.3, -0.25) is 0 Å². The fourth-order valence-electron chi connectivity index (χ4n) is 1.04. The first-order chi connectivity index (χ1) is 7.15. The summed E-state index contributed by atoms with van der Waals surface area (Å²) in [5.74, 6) is 0.153. The van der Waals surface area contributed by atoms with Gasteiger partial charge in [-0.1, -0.05) is 56.4 Å². The smallest absolute Gasteiger partial charge is 0.192 e. The Morgan fingerprint density at radius 1 is 1.38 bits per heavy atom. The lowest BCUT2D eigenvalue weighted by atomic mass is 10.1. The Kier molecular flexibility index (Phi) is 6.76. The minimum atomic E-state index is -1.75. The van der Waals surface area contributed by atoms with Crippen molar-refractivity contribution in [2.24, 2.45) is 5.92 Å². The Morgan fingerprint density at radius 3 is 2.19 bits per heavy atom. The van der Waals surface area contributed by atoms with Crippen LogP contribution in [0.5, 0.6) is 0 Å². The molecule has 0 aliphatic rings. The summed E-state index contributed by atoms with van der Waals surface area (Å²) in [6, 6.07) is 0. The average molecular weight is 356 g/mol. The predicted octanol–water partition coefficient (Wildman–Crippen LogP) is 3.95. The third-order valence-corrected chi connectivity index (χ3v) is 8.24. The number of hydrogen-bond acceptors (Lipinski definition) is 2.